The summed E-state index contributed by atoms with van der Waals surface area (Å²) in [6, 6.07) is 0.0214. The highest BCUT2D eigenvalue weighted by molar-refractivity contribution is 7.91. The Balaban J connectivity index is 2.02. The Labute approximate surface area is 109 Å². The first kappa shape index (κ1) is 12.8. The van der Waals surface area contributed by atoms with E-state index in [1.54, 1.807) is 0 Å². The minimum Gasteiger partial charge on any atom is -0.351 e. The lowest BCUT2D eigenvalue weighted by Gasteiger charge is -2.22. The van der Waals surface area contributed by atoms with E-state index in [0.717, 1.165) is 0 Å². The highest BCUT2D eigenvalue weighted by Gasteiger charge is 2.24. The summed E-state index contributed by atoms with van der Waals surface area (Å²) in [5.74, 6) is 0.633. The number of halogens is 2. The van der Waals surface area contributed by atoms with Crippen LogP contribution in [-0.2, 0) is 9.84 Å². The number of rotatable bonds is 2. The summed E-state index contributed by atoms with van der Waals surface area (Å²) in [7, 11) is -2.87. The van der Waals surface area contributed by atoms with Crippen LogP contribution in [0, 0.1) is 0 Å². The summed E-state index contributed by atoms with van der Waals surface area (Å²) in [5, 5.41) is 3.02. The third-order valence-electron chi connectivity index (χ3n) is 2.47. The van der Waals surface area contributed by atoms with E-state index in [4.69, 9.17) is 23.2 Å². The Bertz CT molecular complexity index is 488. The molecule has 0 saturated carbocycles. The van der Waals surface area contributed by atoms with Crippen molar-refractivity contribution in [2.75, 3.05) is 16.8 Å². The molecule has 2 heterocycles. The fourth-order valence-electron chi connectivity index (χ4n) is 1.61. The van der Waals surface area contributed by atoms with E-state index >= 15 is 0 Å². The van der Waals surface area contributed by atoms with E-state index in [1.807, 2.05) is 0 Å². The molecule has 1 aromatic heterocycles. The van der Waals surface area contributed by atoms with Crippen LogP contribution >= 0.6 is 23.2 Å². The molecule has 1 aliphatic rings. The van der Waals surface area contributed by atoms with Gasteiger partial charge in [-0.2, -0.15) is 15.0 Å². The Morgan fingerprint density at radius 3 is 2.12 bits per heavy atom. The van der Waals surface area contributed by atoms with Crippen LogP contribution in [0.15, 0.2) is 0 Å². The molecule has 1 fully saturated rings. The van der Waals surface area contributed by atoms with Gasteiger partial charge >= 0.3 is 0 Å². The van der Waals surface area contributed by atoms with Gasteiger partial charge in [0, 0.05) is 6.04 Å². The van der Waals surface area contributed by atoms with E-state index < -0.39 is 9.84 Å². The number of nitrogens with zero attached hydrogens (tertiary/aromatic N) is 3. The van der Waals surface area contributed by atoms with Crippen LogP contribution < -0.4 is 5.32 Å². The average molecular weight is 297 g/mol. The largest absolute Gasteiger partial charge is 0.351 e. The second-order valence-corrected chi connectivity index (χ2v) is 6.75. The quantitative estimate of drug-likeness (QED) is 0.882. The predicted molar refractivity (Wildman–Crippen MR) is 65.1 cm³/mol. The van der Waals surface area contributed by atoms with Crippen molar-refractivity contribution in [1.82, 2.24) is 15.0 Å². The first-order valence-electron chi connectivity index (χ1n) is 4.99. The lowest BCUT2D eigenvalue weighted by atomic mass is 10.2. The van der Waals surface area contributed by atoms with Gasteiger partial charge in [0.2, 0.25) is 16.5 Å². The number of hydrogen-bond donors (Lipinski definition) is 1. The molecule has 0 aliphatic carbocycles. The summed E-state index contributed by atoms with van der Waals surface area (Å²) in [6.07, 6.45) is 1.06. The van der Waals surface area contributed by atoms with Gasteiger partial charge in [-0.05, 0) is 36.0 Å². The molecule has 0 spiro atoms. The molecule has 1 aliphatic heterocycles. The van der Waals surface area contributed by atoms with Crippen molar-refractivity contribution in [3.8, 4) is 0 Å². The zero-order valence-electron chi connectivity index (χ0n) is 8.73. The van der Waals surface area contributed by atoms with Gasteiger partial charge in [-0.15, -0.1) is 0 Å². The maximum Gasteiger partial charge on any atom is 0.228 e. The number of anilines is 1. The molecule has 9 heteroatoms. The van der Waals surface area contributed by atoms with E-state index in [0.29, 0.717) is 12.8 Å². The fourth-order valence-corrected chi connectivity index (χ4v) is 3.46. The molecule has 17 heavy (non-hydrogen) atoms. The standard InChI is InChI=1S/C8H10Cl2N4O2S/c9-6-12-7(10)14-8(13-6)11-5-1-3-17(15,16)4-2-5/h5H,1-4H2,(H,11,12,13,14). The number of aromatic nitrogens is 3. The van der Waals surface area contributed by atoms with Crippen LogP contribution in [0.3, 0.4) is 0 Å². The van der Waals surface area contributed by atoms with E-state index in [9.17, 15) is 8.42 Å². The SMILES string of the molecule is O=S1(=O)CCC(Nc2nc(Cl)nc(Cl)n2)CC1. The van der Waals surface area contributed by atoms with Gasteiger partial charge in [-0.25, -0.2) is 8.42 Å². The normalized spacial score (nSPS) is 20.1. The van der Waals surface area contributed by atoms with Crippen molar-refractivity contribution in [3.05, 3.63) is 10.6 Å². The van der Waals surface area contributed by atoms with Crippen molar-refractivity contribution in [2.45, 2.75) is 18.9 Å². The number of hydrogen-bond acceptors (Lipinski definition) is 6. The Hall–Kier alpha value is -0.660. The van der Waals surface area contributed by atoms with Crippen LogP contribution in [0.1, 0.15) is 12.8 Å². The first-order valence-corrected chi connectivity index (χ1v) is 7.56. The summed E-state index contributed by atoms with van der Waals surface area (Å²) in [5.41, 5.74) is 0. The maximum absolute atomic E-state index is 11.2. The van der Waals surface area contributed by atoms with Crippen molar-refractivity contribution < 1.29 is 8.42 Å². The van der Waals surface area contributed by atoms with Gasteiger partial charge in [-0.1, -0.05) is 0 Å². The zero-order chi connectivity index (χ0) is 12.5. The van der Waals surface area contributed by atoms with Gasteiger partial charge in [0.15, 0.2) is 0 Å². The zero-order valence-corrected chi connectivity index (χ0v) is 11.1. The van der Waals surface area contributed by atoms with Gasteiger partial charge in [0.05, 0.1) is 11.5 Å². The lowest BCUT2D eigenvalue weighted by Crippen LogP contribution is -2.32. The van der Waals surface area contributed by atoms with Crippen LogP contribution in [0.5, 0.6) is 0 Å². The molecule has 2 rings (SSSR count). The van der Waals surface area contributed by atoms with Gasteiger partial charge in [0.1, 0.15) is 9.84 Å². The monoisotopic (exact) mass is 296 g/mol. The summed E-state index contributed by atoms with van der Waals surface area (Å²) >= 11 is 11.3. The molecule has 0 amide bonds. The maximum atomic E-state index is 11.2. The van der Waals surface area contributed by atoms with Crippen molar-refractivity contribution in [3.63, 3.8) is 0 Å². The predicted octanol–water partition coefficient (Wildman–Crippen LogP) is 1.17. The Kier molecular flexibility index (Phi) is 3.70. The third-order valence-corrected chi connectivity index (χ3v) is 4.52. The molecule has 0 bridgehead atoms. The molecule has 0 atom stereocenters. The average Bonchev–Trinajstić information content (AvgIpc) is 2.20. The van der Waals surface area contributed by atoms with Crippen molar-refractivity contribution in [1.29, 1.82) is 0 Å². The molecule has 94 valence electrons. The molecular weight excluding hydrogens is 287 g/mol. The van der Waals surface area contributed by atoms with Crippen LogP contribution in [0.2, 0.25) is 10.6 Å². The van der Waals surface area contributed by atoms with Gasteiger partial charge < -0.3 is 5.32 Å². The highest BCUT2D eigenvalue weighted by Crippen LogP contribution is 2.17. The second kappa shape index (κ2) is 4.91. The van der Waals surface area contributed by atoms with Crippen LogP contribution in [0.25, 0.3) is 0 Å². The molecule has 0 radical (unpaired) electrons. The second-order valence-electron chi connectivity index (χ2n) is 3.77. The highest BCUT2D eigenvalue weighted by atomic mass is 35.5. The van der Waals surface area contributed by atoms with E-state index in [1.165, 1.54) is 0 Å². The molecular formula is C8H10Cl2N4O2S. The van der Waals surface area contributed by atoms with Crippen LogP contribution in [-0.4, -0.2) is 40.9 Å². The number of sulfone groups is 1. The first-order chi connectivity index (χ1) is 7.94. The summed E-state index contributed by atoms with van der Waals surface area (Å²) < 4.78 is 22.5. The minimum absolute atomic E-state index is 0.0101. The van der Waals surface area contributed by atoms with Gasteiger partial charge in [0.25, 0.3) is 0 Å². The minimum atomic E-state index is -2.87. The van der Waals surface area contributed by atoms with Crippen molar-refractivity contribution >= 4 is 39.0 Å². The fraction of sp³-hybridized carbons (Fsp3) is 0.625. The van der Waals surface area contributed by atoms with E-state index in [-0.39, 0.29) is 34.1 Å². The van der Waals surface area contributed by atoms with Gasteiger partial charge in [-0.3, -0.25) is 0 Å². The molecule has 1 saturated heterocycles. The third kappa shape index (κ3) is 3.65. The topological polar surface area (TPSA) is 84.8 Å². The molecule has 1 aromatic rings. The molecule has 6 nitrogen and oxygen atoms in total. The van der Waals surface area contributed by atoms with E-state index in [2.05, 4.69) is 20.3 Å². The lowest BCUT2D eigenvalue weighted by molar-refractivity contribution is 0.558. The number of nitrogens with one attached hydrogen (secondary N) is 1. The summed E-state index contributed by atoms with van der Waals surface area (Å²) in [6.45, 7) is 0. The molecule has 0 aromatic carbocycles. The van der Waals surface area contributed by atoms with Crippen LogP contribution in [0.4, 0.5) is 5.95 Å². The smallest absolute Gasteiger partial charge is 0.228 e. The summed E-state index contributed by atoms with van der Waals surface area (Å²) in [4.78, 5) is 11.3. The Morgan fingerprint density at radius 2 is 1.59 bits per heavy atom. The van der Waals surface area contributed by atoms with Crippen molar-refractivity contribution in [2.24, 2.45) is 0 Å². The molecule has 0 unspecified atom stereocenters. The molecule has 1 N–H and O–H groups in total. The Morgan fingerprint density at radius 1 is 1.06 bits per heavy atom.